The third-order valence-corrected chi connectivity index (χ3v) is 2.30. The quantitative estimate of drug-likeness (QED) is 0.791. The summed E-state index contributed by atoms with van der Waals surface area (Å²) in [6.45, 7) is 3.07. The lowest BCUT2D eigenvalue weighted by Crippen LogP contribution is -2.10. The highest BCUT2D eigenvalue weighted by atomic mass is 15.2. The van der Waals surface area contributed by atoms with Crippen molar-refractivity contribution in [2.75, 3.05) is 13.6 Å². The third-order valence-electron chi connectivity index (χ3n) is 2.30. The highest BCUT2D eigenvalue weighted by Gasteiger charge is 2.00. The summed E-state index contributed by atoms with van der Waals surface area (Å²) in [6.07, 6.45) is 2.99. The average molecular weight is 189 g/mol. The number of fused-ring (bicyclic) bond motifs is 1. The lowest BCUT2D eigenvalue weighted by Gasteiger charge is -1.93. The summed E-state index contributed by atoms with van der Waals surface area (Å²) >= 11 is 0. The standard InChI is InChI=1S/C11H15N3/c1-9-4-6-14-11(7-9)8-10(13-14)3-5-12-2/h4,6-8,12H,3,5H2,1-2H3. The van der Waals surface area contributed by atoms with E-state index in [2.05, 4.69) is 35.5 Å². The number of rotatable bonds is 3. The van der Waals surface area contributed by atoms with Crippen molar-refractivity contribution in [3.8, 4) is 0 Å². The average Bonchev–Trinajstić information content (AvgIpc) is 2.56. The first-order chi connectivity index (χ1) is 6.79. The van der Waals surface area contributed by atoms with Crippen LogP contribution in [0.25, 0.3) is 5.52 Å². The van der Waals surface area contributed by atoms with Gasteiger partial charge in [-0.05, 0) is 37.7 Å². The molecule has 0 aliphatic rings. The molecule has 2 heterocycles. The van der Waals surface area contributed by atoms with E-state index in [1.807, 2.05) is 17.8 Å². The van der Waals surface area contributed by atoms with Gasteiger partial charge in [0.05, 0.1) is 11.2 Å². The van der Waals surface area contributed by atoms with Crippen molar-refractivity contribution in [1.29, 1.82) is 0 Å². The molecule has 0 atom stereocenters. The first-order valence-electron chi connectivity index (χ1n) is 4.89. The third kappa shape index (κ3) is 1.77. The smallest absolute Gasteiger partial charge is 0.0667 e. The van der Waals surface area contributed by atoms with Crippen LogP contribution >= 0.6 is 0 Å². The van der Waals surface area contributed by atoms with Crippen LogP contribution in [0.15, 0.2) is 24.4 Å². The van der Waals surface area contributed by atoms with Gasteiger partial charge in [-0.2, -0.15) is 5.10 Å². The number of aryl methyl sites for hydroxylation is 1. The maximum atomic E-state index is 4.47. The lowest BCUT2D eigenvalue weighted by molar-refractivity contribution is 0.764. The Kier molecular flexibility index (Phi) is 2.50. The van der Waals surface area contributed by atoms with Crippen molar-refractivity contribution in [1.82, 2.24) is 14.9 Å². The summed E-state index contributed by atoms with van der Waals surface area (Å²) in [5, 5.41) is 7.59. The zero-order valence-electron chi connectivity index (χ0n) is 8.62. The molecule has 0 aliphatic carbocycles. The van der Waals surface area contributed by atoms with Crippen molar-refractivity contribution in [3.63, 3.8) is 0 Å². The van der Waals surface area contributed by atoms with E-state index in [1.165, 1.54) is 11.1 Å². The molecule has 2 aromatic rings. The summed E-state index contributed by atoms with van der Waals surface area (Å²) in [4.78, 5) is 0. The van der Waals surface area contributed by atoms with E-state index in [-0.39, 0.29) is 0 Å². The Bertz CT molecular complexity index is 431. The molecule has 14 heavy (non-hydrogen) atoms. The minimum atomic E-state index is 0.975. The lowest BCUT2D eigenvalue weighted by atomic mass is 10.2. The molecule has 0 radical (unpaired) electrons. The van der Waals surface area contributed by atoms with Crippen molar-refractivity contribution in [2.45, 2.75) is 13.3 Å². The summed E-state index contributed by atoms with van der Waals surface area (Å²) in [5.41, 5.74) is 3.60. The molecule has 2 rings (SSSR count). The van der Waals surface area contributed by atoms with Gasteiger partial charge in [-0.3, -0.25) is 0 Å². The van der Waals surface area contributed by atoms with Crippen LogP contribution in [0.5, 0.6) is 0 Å². The maximum Gasteiger partial charge on any atom is 0.0667 e. The number of hydrogen-bond donors (Lipinski definition) is 1. The van der Waals surface area contributed by atoms with E-state index in [0.717, 1.165) is 18.7 Å². The SMILES string of the molecule is CNCCc1cc2cc(C)ccn2n1. The predicted octanol–water partition coefficient (Wildman–Crippen LogP) is 1.40. The molecule has 0 aromatic carbocycles. The molecule has 0 amide bonds. The molecule has 0 aliphatic heterocycles. The van der Waals surface area contributed by atoms with Crippen LogP contribution in [0.3, 0.4) is 0 Å². The fourth-order valence-corrected chi connectivity index (χ4v) is 1.53. The van der Waals surface area contributed by atoms with Gasteiger partial charge >= 0.3 is 0 Å². The molecule has 0 saturated heterocycles. The summed E-state index contributed by atoms with van der Waals surface area (Å²) in [6, 6.07) is 6.36. The van der Waals surface area contributed by atoms with Gasteiger partial charge in [-0.25, -0.2) is 4.52 Å². The van der Waals surface area contributed by atoms with Gasteiger partial charge in [0.25, 0.3) is 0 Å². The van der Waals surface area contributed by atoms with Gasteiger partial charge < -0.3 is 5.32 Å². The topological polar surface area (TPSA) is 29.3 Å². The van der Waals surface area contributed by atoms with E-state index >= 15 is 0 Å². The van der Waals surface area contributed by atoms with Crippen LogP contribution in [-0.4, -0.2) is 23.2 Å². The van der Waals surface area contributed by atoms with E-state index in [0.29, 0.717) is 0 Å². The summed E-state index contributed by atoms with van der Waals surface area (Å²) in [5.74, 6) is 0. The Morgan fingerprint density at radius 2 is 2.29 bits per heavy atom. The first-order valence-corrected chi connectivity index (χ1v) is 4.89. The van der Waals surface area contributed by atoms with Crippen molar-refractivity contribution >= 4 is 5.52 Å². The monoisotopic (exact) mass is 189 g/mol. The molecule has 0 saturated carbocycles. The molecule has 0 spiro atoms. The normalized spacial score (nSPS) is 11.0. The highest BCUT2D eigenvalue weighted by molar-refractivity contribution is 5.49. The molecule has 3 nitrogen and oxygen atoms in total. The fraction of sp³-hybridized carbons (Fsp3) is 0.364. The Balaban J connectivity index is 2.32. The number of likely N-dealkylation sites (N-methyl/N-ethyl adjacent to an activating group) is 1. The fourth-order valence-electron chi connectivity index (χ4n) is 1.53. The largest absolute Gasteiger partial charge is 0.319 e. The summed E-state index contributed by atoms with van der Waals surface area (Å²) < 4.78 is 1.93. The van der Waals surface area contributed by atoms with Crippen LogP contribution in [0, 0.1) is 6.92 Å². The van der Waals surface area contributed by atoms with Gasteiger partial charge in [0.2, 0.25) is 0 Å². The Morgan fingerprint density at radius 3 is 3.07 bits per heavy atom. The molecule has 74 valence electrons. The van der Waals surface area contributed by atoms with Crippen LogP contribution < -0.4 is 5.32 Å². The molecule has 2 aromatic heterocycles. The first kappa shape index (κ1) is 9.21. The zero-order valence-corrected chi connectivity index (χ0v) is 8.62. The second-order valence-electron chi connectivity index (χ2n) is 3.56. The van der Waals surface area contributed by atoms with E-state index < -0.39 is 0 Å². The van der Waals surface area contributed by atoms with Gasteiger partial charge in [0.15, 0.2) is 0 Å². The van der Waals surface area contributed by atoms with E-state index in [9.17, 15) is 0 Å². The second-order valence-corrected chi connectivity index (χ2v) is 3.56. The van der Waals surface area contributed by atoms with Gasteiger partial charge in [-0.15, -0.1) is 0 Å². The minimum absolute atomic E-state index is 0.975. The Morgan fingerprint density at radius 1 is 1.43 bits per heavy atom. The van der Waals surface area contributed by atoms with Crippen LogP contribution in [0.4, 0.5) is 0 Å². The van der Waals surface area contributed by atoms with Gasteiger partial charge in [0.1, 0.15) is 0 Å². The molecular weight excluding hydrogens is 174 g/mol. The number of nitrogens with one attached hydrogen (secondary N) is 1. The van der Waals surface area contributed by atoms with Crippen LogP contribution in [-0.2, 0) is 6.42 Å². The predicted molar refractivity (Wildman–Crippen MR) is 57.6 cm³/mol. The van der Waals surface area contributed by atoms with Crippen LogP contribution in [0.2, 0.25) is 0 Å². The van der Waals surface area contributed by atoms with Crippen molar-refractivity contribution < 1.29 is 0 Å². The van der Waals surface area contributed by atoms with Crippen molar-refractivity contribution in [2.24, 2.45) is 0 Å². The molecule has 3 heteroatoms. The maximum absolute atomic E-state index is 4.47. The molecule has 0 fully saturated rings. The van der Waals surface area contributed by atoms with Crippen molar-refractivity contribution in [3.05, 3.63) is 35.7 Å². The Labute approximate surface area is 83.7 Å². The van der Waals surface area contributed by atoms with Crippen LogP contribution in [0.1, 0.15) is 11.3 Å². The second kappa shape index (κ2) is 3.80. The highest BCUT2D eigenvalue weighted by Crippen LogP contribution is 2.08. The molecule has 1 N–H and O–H groups in total. The summed E-state index contributed by atoms with van der Waals surface area (Å²) in [7, 11) is 1.96. The van der Waals surface area contributed by atoms with Gasteiger partial charge in [-0.1, -0.05) is 0 Å². The number of pyridine rings is 1. The molecule has 0 bridgehead atoms. The zero-order chi connectivity index (χ0) is 9.97. The van der Waals surface area contributed by atoms with Gasteiger partial charge in [0, 0.05) is 19.2 Å². The number of nitrogens with zero attached hydrogens (tertiary/aromatic N) is 2. The van der Waals surface area contributed by atoms with E-state index in [4.69, 9.17) is 0 Å². The van der Waals surface area contributed by atoms with E-state index in [1.54, 1.807) is 0 Å². The number of hydrogen-bond acceptors (Lipinski definition) is 2. The minimum Gasteiger partial charge on any atom is -0.319 e. The molecular formula is C11H15N3. The molecule has 0 unspecified atom stereocenters. The Hall–Kier alpha value is -1.35. The number of aromatic nitrogens is 2.